The van der Waals surface area contributed by atoms with E-state index in [1.165, 1.54) is 12.1 Å². The maximum absolute atomic E-state index is 11.9. The lowest BCUT2D eigenvalue weighted by Crippen LogP contribution is -2.30. The topological polar surface area (TPSA) is 96.5 Å². The average Bonchev–Trinajstić information content (AvgIpc) is 2.50. The number of carbonyl (C=O) groups is 1. The summed E-state index contributed by atoms with van der Waals surface area (Å²) in [6.45, 7) is 3.58. The van der Waals surface area contributed by atoms with Gasteiger partial charge >= 0.3 is 0 Å². The summed E-state index contributed by atoms with van der Waals surface area (Å²) in [6.07, 6.45) is 0.726. The predicted octanol–water partition coefficient (Wildman–Crippen LogP) is 0.549. The zero-order valence-corrected chi connectivity index (χ0v) is 13.7. The minimum Gasteiger partial charge on any atom is -0.383 e. The van der Waals surface area contributed by atoms with Crippen molar-refractivity contribution in [3.05, 3.63) is 24.3 Å². The van der Waals surface area contributed by atoms with E-state index in [0.717, 1.165) is 6.42 Å². The highest BCUT2D eigenvalue weighted by Gasteiger charge is 2.12. The van der Waals surface area contributed by atoms with Gasteiger partial charge in [-0.1, -0.05) is 6.92 Å². The van der Waals surface area contributed by atoms with E-state index in [0.29, 0.717) is 25.4 Å². The molecule has 0 saturated carbocycles. The number of hydrogen-bond acceptors (Lipinski definition) is 5. The van der Waals surface area contributed by atoms with E-state index in [-0.39, 0.29) is 17.3 Å². The van der Waals surface area contributed by atoms with Gasteiger partial charge in [0, 0.05) is 25.9 Å². The Bertz CT molecular complexity index is 558. The van der Waals surface area contributed by atoms with Gasteiger partial charge in [-0.25, -0.2) is 13.1 Å². The van der Waals surface area contributed by atoms with Crippen molar-refractivity contribution >= 4 is 21.6 Å². The van der Waals surface area contributed by atoms with Crippen LogP contribution in [0.3, 0.4) is 0 Å². The largest absolute Gasteiger partial charge is 0.383 e. The number of nitrogens with one attached hydrogen (secondary N) is 3. The van der Waals surface area contributed by atoms with Crippen molar-refractivity contribution in [3.63, 3.8) is 0 Å². The molecule has 0 aromatic heterocycles. The number of amides is 1. The van der Waals surface area contributed by atoms with Gasteiger partial charge in [0.25, 0.3) is 0 Å². The van der Waals surface area contributed by atoms with E-state index in [9.17, 15) is 13.2 Å². The molecule has 0 bridgehead atoms. The first-order valence-electron chi connectivity index (χ1n) is 7.09. The zero-order chi connectivity index (χ0) is 16.4. The molecule has 0 heterocycles. The molecule has 0 unspecified atom stereocenters. The Hall–Kier alpha value is -1.48. The van der Waals surface area contributed by atoms with E-state index in [1.54, 1.807) is 19.2 Å². The molecular weight excluding hydrogens is 306 g/mol. The predicted molar refractivity (Wildman–Crippen MR) is 85.3 cm³/mol. The number of sulfonamides is 1. The molecule has 1 rings (SSSR count). The molecule has 0 spiro atoms. The second kappa shape index (κ2) is 9.52. The Morgan fingerprint density at radius 2 is 1.86 bits per heavy atom. The lowest BCUT2D eigenvalue weighted by molar-refractivity contribution is -0.115. The van der Waals surface area contributed by atoms with Crippen LogP contribution >= 0.6 is 0 Å². The Kier molecular flexibility index (Phi) is 8.03. The molecule has 1 aromatic carbocycles. The summed E-state index contributed by atoms with van der Waals surface area (Å²) in [4.78, 5) is 11.8. The summed E-state index contributed by atoms with van der Waals surface area (Å²) in [5.41, 5.74) is 0.549. The van der Waals surface area contributed by atoms with E-state index in [2.05, 4.69) is 15.4 Å². The van der Waals surface area contributed by atoms with Crippen LogP contribution in [0.4, 0.5) is 5.69 Å². The summed E-state index contributed by atoms with van der Waals surface area (Å²) < 4.78 is 31.2. The van der Waals surface area contributed by atoms with E-state index in [1.807, 2.05) is 6.92 Å². The first-order chi connectivity index (χ1) is 10.5. The van der Waals surface area contributed by atoms with Crippen molar-refractivity contribution in [1.29, 1.82) is 0 Å². The van der Waals surface area contributed by atoms with Crippen LogP contribution in [-0.2, 0) is 19.6 Å². The summed E-state index contributed by atoms with van der Waals surface area (Å²) in [6, 6.07) is 6.05. The molecule has 0 fully saturated rings. The van der Waals surface area contributed by atoms with Crippen molar-refractivity contribution in [3.8, 4) is 0 Å². The second-order valence-corrected chi connectivity index (χ2v) is 6.41. The van der Waals surface area contributed by atoms with Crippen LogP contribution in [0.5, 0.6) is 0 Å². The number of anilines is 1. The van der Waals surface area contributed by atoms with Crippen molar-refractivity contribution in [2.45, 2.75) is 18.2 Å². The molecule has 0 aliphatic carbocycles. The van der Waals surface area contributed by atoms with Gasteiger partial charge < -0.3 is 15.4 Å². The number of methoxy groups -OCH3 is 1. The Morgan fingerprint density at radius 1 is 1.18 bits per heavy atom. The highest BCUT2D eigenvalue weighted by Crippen LogP contribution is 2.13. The molecule has 1 aromatic rings. The molecule has 0 radical (unpaired) electrons. The maximum Gasteiger partial charge on any atom is 0.240 e. The average molecular weight is 329 g/mol. The Balaban J connectivity index is 2.53. The smallest absolute Gasteiger partial charge is 0.240 e. The van der Waals surface area contributed by atoms with Crippen LogP contribution in [0.1, 0.15) is 13.3 Å². The number of ether oxygens (including phenoxy) is 1. The molecule has 7 nitrogen and oxygen atoms in total. The maximum atomic E-state index is 11.9. The van der Waals surface area contributed by atoms with Crippen molar-refractivity contribution in [1.82, 2.24) is 10.0 Å². The van der Waals surface area contributed by atoms with Gasteiger partial charge in [0.05, 0.1) is 18.0 Å². The summed E-state index contributed by atoms with van der Waals surface area (Å²) >= 11 is 0. The lowest BCUT2D eigenvalue weighted by Gasteiger charge is -2.08. The quantitative estimate of drug-likeness (QED) is 0.545. The van der Waals surface area contributed by atoms with Gasteiger partial charge in [-0.05, 0) is 30.7 Å². The molecule has 0 saturated heterocycles. The fraction of sp³-hybridized carbons (Fsp3) is 0.500. The lowest BCUT2D eigenvalue weighted by atomic mass is 10.3. The Labute approximate surface area is 131 Å². The Morgan fingerprint density at radius 3 is 2.45 bits per heavy atom. The van der Waals surface area contributed by atoms with Crippen LogP contribution in [0.15, 0.2) is 29.2 Å². The number of rotatable bonds is 10. The van der Waals surface area contributed by atoms with Gasteiger partial charge in [0.1, 0.15) is 0 Å². The number of benzene rings is 1. The highest BCUT2D eigenvalue weighted by atomic mass is 32.2. The fourth-order valence-electron chi connectivity index (χ4n) is 1.62. The second-order valence-electron chi connectivity index (χ2n) is 4.64. The van der Waals surface area contributed by atoms with Crippen molar-refractivity contribution < 1.29 is 17.9 Å². The molecule has 0 aliphatic rings. The molecule has 0 atom stereocenters. The molecule has 0 aliphatic heterocycles. The number of carbonyl (C=O) groups excluding carboxylic acids is 1. The molecular formula is C14H23N3O4S. The van der Waals surface area contributed by atoms with Gasteiger partial charge in [-0.3, -0.25) is 4.79 Å². The van der Waals surface area contributed by atoms with Gasteiger partial charge in [-0.15, -0.1) is 0 Å². The SMILES string of the molecule is CCCNS(=O)(=O)c1ccc(NC(=O)CNCCOC)cc1. The van der Waals surface area contributed by atoms with E-state index < -0.39 is 10.0 Å². The third-order valence-corrected chi connectivity index (χ3v) is 4.24. The number of hydrogen-bond donors (Lipinski definition) is 3. The highest BCUT2D eigenvalue weighted by molar-refractivity contribution is 7.89. The van der Waals surface area contributed by atoms with E-state index >= 15 is 0 Å². The molecule has 1 amide bonds. The first-order valence-corrected chi connectivity index (χ1v) is 8.57. The van der Waals surface area contributed by atoms with Crippen molar-refractivity contribution in [2.24, 2.45) is 0 Å². The van der Waals surface area contributed by atoms with Gasteiger partial charge in [0.2, 0.25) is 15.9 Å². The summed E-state index contributed by atoms with van der Waals surface area (Å²) in [5, 5.41) is 5.61. The fourth-order valence-corrected chi connectivity index (χ4v) is 2.75. The molecule has 8 heteroatoms. The van der Waals surface area contributed by atoms with Crippen LogP contribution in [-0.4, -0.2) is 47.7 Å². The molecule has 124 valence electrons. The van der Waals surface area contributed by atoms with Crippen molar-refractivity contribution in [2.75, 3.05) is 38.7 Å². The van der Waals surface area contributed by atoms with Gasteiger partial charge in [-0.2, -0.15) is 0 Å². The summed E-state index contributed by atoms with van der Waals surface area (Å²) in [5.74, 6) is -0.198. The standard InChI is InChI=1S/C14H23N3O4S/c1-3-8-16-22(19,20)13-6-4-12(5-7-13)17-14(18)11-15-9-10-21-2/h4-7,15-16H,3,8-11H2,1-2H3,(H,17,18). The third kappa shape index (κ3) is 6.52. The molecule has 22 heavy (non-hydrogen) atoms. The van der Waals surface area contributed by atoms with E-state index in [4.69, 9.17) is 4.74 Å². The van der Waals surface area contributed by atoms with Crippen LogP contribution < -0.4 is 15.4 Å². The monoisotopic (exact) mass is 329 g/mol. The van der Waals surface area contributed by atoms with Crippen LogP contribution in [0, 0.1) is 0 Å². The zero-order valence-electron chi connectivity index (χ0n) is 12.9. The first kappa shape index (κ1) is 18.6. The molecule has 3 N–H and O–H groups in total. The minimum atomic E-state index is -3.48. The normalized spacial score (nSPS) is 11.4. The summed E-state index contributed by atoms with van der Waals surface area (Å²) in [7, 11) is -1.89. The van der Waals surface area contributed by atoms with Crippen LogP contribution in [0.2, 0.25) is 0 Å². The minimum absolute atomic E-state index is 0.168. The van der Waals surface area contributed by atoms with Gasteiger partial charge in [0.15, 0.2) is 0 Å². The van der Waals surface area contributed by atoms with Crippen LogP contribution in [0.25, 0.3) is 0 Å². The third-order valence-electron chi connectivity index (χ3n) is 2.76.